The first-order valence-corrected chi connectivity index (χ1v) is 13.7. The second-order valence-corrected chi connectivity index (χ2v) is 9.92. The highest BCUT2D eigenvalue weighted by molar-refractivity contribution is 5.91. The molecule has 0 radical (unpaired) electrons. The molecular weight excluding hydrogens is 494 g/mol. The average Bonchev–Trinajstić information content (AvgIpc) is 3.10. The summed E-state index contributed by atoms with van der Waals surface area (Å²) in [5.41, 5.74) is 6.86. The lowest BCUT2D eigenvalue weighted by atomic mass is 9.99. The molecule has 0 saturated heterocycles. The largest absolute Gasteiger partial charge is 0.310 e. The quantitative estimate of drug-likeness (QED) is 0.208. The summed E-state index contributed by atoms with van der Waals surface area (Å²) in [6.45, 7) is 0. The monoisotopic (exact) mass is 527 g/mol. The molecule has 0 saturated carbocycles. The standard InChI is InChI=1S/C40H29N/c1-3-12-30(13-4-1)32-24-26-37(27-25-32)41(40-21-10-9-20-39(40)33-15-5-2-6-16-33)38-19-11-18-35(29-38)36-23-22-31-14-7-8-17-34(31)28-36/h1-29H/i11D,18D,19D,29D. The highest BCUT2D eigenvalue weighted by atomic mass is 15.1. The van der Waals surface area contributed by atoms with Gasteiger partial charge in [0, 0.05) is 16.9 Å². The molecule has 0 spiro atoms. The van der Waals surface area contributed by atoms with Gasteiger partial charge in [-0.3, -0.25) is 0 Å². The van der Waals surface area contributed by atoms with E-state index in [1.54, 1.807) is 0 Å². The van der Waals surface area contributed by atoms with Crippen molar-refractivity contribution in [2.24, 2.45) is 0 Å². The average molecular weight is 528 g/mol. The van der Waals surface area contributed by atoms with Crippen LogP contribution in [0.25, 0.3) is 44.2 Å². The molecule has 0 aliphatic carbocycles. The van der Waals surface area contributed by atoms with Crippen molar-refractivity contribution in [3.05, 3.63) is 176 Å². The lowest BCUT2D eigenvalue weighted by molar-refractivity contribution is 1.28. The number of hydrogen-bond donors (Lipinski definition) is 0. The summed E-state index contributed by atoms with van der Waals surface area (Å²) >= 11 is 0. The van der Waals surface area contributed by atoms with Gasteiger partial charge in [0.1, 0.15) is 0 Å². The summed E-state index contributed by atoms with van der Waals surface area (Å²) in [7, 11) is 0. The van der Waals surface area contributed by atoms with Crippen LogP contribution in [0.5, 0.6) is 0 Å². The summed E-state index contributed by atoms with van der Waals surface area (Å²) in [5.74, 6) is 0. The lowest BCUT2D eigenvalue weighted by Crippen LogP contribution is -2.11. The zero-order valence-corrected chi connectivity index (χ0v) is 22.4. The molecule has 194 valence electrons. The van der Waals surface area contributed by atoms with Crippen molar-refractivity contribution < 1.29 is 5.48 Å². The molecule has 7 aromatic carbocycles. The minimum atomic E-state index is -0.216. The van der Waals surface area contributed by atoms with Gasteiger partial charge in [0.05, 0.1) is 11.2 Å². The van der Waals surface area contributed by atoms with Crippen LogP contribution in [0.1, 0.15) is 5.48 Å². The SMILES string of the molecule is [2H]c1c([2H])c(-c2ccc3ccccc3c2)c([2H])c(N(c2ccc(-c3ccccc3)cc2)c2ccccc2-c2ccccc2)c1[2H]. The van der Waals surface area contributed by atoms with Crippen molar-refractivity contribution in [3.63, 3.8) is 0 Å². The number of para-hydroxylation sites is 1. The third-order valence-electron chi connectivity index (χ3n) is 7.34. The van der Waals surface area contributed by atoms with Gasteiger partial charge in [0.25, 0.3) is 0 Å². The van der Waals surface area contributed by atoms with Gasteiger partial charge >= 0.3 is 0 Å². The fraction of sp³-hybridized carbons (Fsp3) is 0. The maximum absolute atomic E-state index is 9.59. The van der Waals surface area contributed by atoms with Crippen LogP contribution in [-0.4, -0.2) is 0 Å². The van der Waals surface area contributed by atoms with E-state index in [4.69, 9.17) is 2.74 Å². The molecule has 1 heteroatoms. The molecule has 0 bridgehead atoms. The molecule has 0 amide bonds. The maximum Gasteiger partial charge on any atom is 0.0651 e. The maximum atomic E-state index is 9.59. The topological polar surface area (TPSA) is 3.24 Å². The lowest BCUT2D eigenvalue weighted by Gasteiger charge is -2.28. The number of hydrogen-bond acceptors (Lipinski definition) is 1. The fourth-order valence-electron chi connectivity index (χ4n) is 5.29. The summed E-state index contributed by atoms with van der Waals surface area (Å²) in [6, 6.07) is 49.6. The van der Waals surface area contributed by atoms with Gasteiger partial charge < -0.3 is 4.90 Å². The van der Waals surface area contributed by atoms with Crippen molar-refractivity contribution in [2.45, 2.75) is 0 Å². The van der Waals surface area contributed by atoms with Gasteiger partial charge in [-0.15, -0.1) is 0 Å². The molecule has 0 unspecified atom stereocenters. The number of nitrogens with zero attached hydrogens (tertiary/aromatic N) is 1. The van der Waals surface area contributed by atoms with Crippen molar-refractivity contribution in [3.8, 4) is 33.4 Å². The highest BCUT2D eigenvalue weighted by Gasteiger charge is 2.17. The van der Waals surface area contributed by atoms with Crippen molar-refractivity contribution >= 4 is 27.8 Å². The number of rotatable bonds is 6. The first-order valence-electron chi connectivity index (χ1n) is 15.7. The molecule has 0 fully saturated rings. The molecule has 0 atom stereocenters. The minimum absolute atomic E-state index is 0.0336. The number of fused-ring (bicyclic) bond motifs is 1. The molecule has 7 rings (SSSR count). The molecule has 0 aromatic heterocycles. The smallest absolute Gasteiger partial charge is 0.0651 e. The van der Waals surface area contributed by atoms with Crippen LogP contribution in [-0.2, 0) is 0 Å². The Morgan fingerprint density at radius 1 is 0.415 bits per heavy atom. The first kappa shape index (κ1) is 20.5. The fourth-order valence-corrected chi connectivity index (χ4v) is 5.29. The van der Waals surface area contributed by atoms with E-state index in [1.807, 2.05) is 144 Å². The summed E-state index contributed by atoms with van der Waals surface area (Å²) < 4.78 is 36.6. The van der Waals surface area contributed by atoms with Gasteiger partial charge in [0.15, 0.2) is 0 Å². The van der Waals surface area contributed by atoms with E-state index in [2.05, 4.69) is 12.1 Å². The Bertz CT molecular complexity index is 2140. The Labute approximate surface area is 247 Å². The van der Waals surface area contributed by atoms with E-state index in [9.17, 15) is 2.74 Å². The van der Waals surface area contributed by atoms with Crippen LogP contribution in [0.2, 0.25) is 0 Å². The van der Waals surface area contributed by atoms with Crippen LogP contribution < -0.4 is 4.90 Å². The molecule has 0 heterocycles. The molecule has 0 aliphatic heterocycles. The predicted octanol–water partition coefficient (Wildman–Crippen LogP) is 11.3. The van der Waals surface area contributed by atoms with E-state index in [1.165, 1.54) is 0 Å². The molecule has 1 nitrogen and oxygen atoms in total. The van der Waals surface area contributed by atoms with E-state index in [-0.39, 0.29) is 29.9 Å². The van der Waals surface area contributed by atoms with Crippen molar-refractivity contribution in [2.75, 3.05) is 4.90 Å². The molecular formula is C40H29N. The Morgan fingerprint density at radius 3 is 1.80 bits per heavy atom. The molecule has 0 N–H and O–H groups in total. The predicted molar refractivity (Wildman–Crippen MR) is 175 cm³/mol. The van der Waals surface area contributed by atoms with Gasteiger partial charge in [-0.25, -0.2) is 0 Å². The molecule has 0 aliphatic rings. The van der Waals surface area contributed by atoms with Crippen LogP contribution in [0.15, 0.2) is 176 Å². The zero-order valence-electron chi connectivity index (χ0n) is 26.4. The zero-order chi connectivity index (χ0) is 30.9. The third kappa shape index (κ3) is 5.02. The molecule has 7 aromatic rings. The number of anilines is 3. The molecule has 41 heavy (non-hydrogen) atoms. The van der Waals surface area contributed by atoms with E-state index >= 15 is 0 Å². The van der Waals surface area contributed by atoms with E-state index in [0.29, 0.717) is 11.1 Å². The summed E-state index contributed by atoms with van der Waals surface area (Å²) in [5, 5.41) is 2.04. The van der Waals surface area contributed by atoms with Crippen LogP contribution in [0, 0.1) is 0 Å². The number of benzene rings is 7. The normalized spacial score (nSPS) is 12.3. The Hall–Kier alpha value is -5.40. The van der Waals surface area contributed by atoms with Crippen LogP contribution in [0.4, 0.5) is 17.1 Å². The second-order valence-electron chi connectivity index (χ2n) is 9.92. The Balaban J connectivity index is 1.49. The second kappa shape index (κ2) is 11.0. The van der Waals surface area contributed by atoms with Gasteiger partial charge in [-0.05, 0) is 74.9 Å². The Kier molecular flexibility index (Phi) is 5.50. The van der Waals surface area contributed by atoms with Crippen molar-refractivity contribution in [1.82, 2.24) is 0 Å². The van der Waals surface area contributed by atoms with Gasteiger partial charge in [0.2, 0.25) is 0 Å². The van der Waals surface area contributed by atoms with Gasteiger partial charge in [-0.2, -0.15) is 0 Å². The first-order chi connectivity index (χ1) is 22.0. The summed E-state index contributed by atoms with van der Waals surface area (Å²) in [4.78, 5) is 1.91. The van der Waals surface area contributed by atoms with Crippen LogP contribution in [0.3, 0.4) is 0 Å². The third-order valence-corrected chi connectivity index (χ3v) is 7.34. The van der Waals surface area contributed by atoms with Crippen LogP contribution >= 0.6 is 0 Å². The van der Waals surface area contributed by atoms with Gasteiger partial charge in [-0.1, -0.05) is 139 Å². The van der Waals surface area contributed by atoms with Crippen molar-refractivity contribution in [1.29, 1.82) is 0 Å². The Morgan fingerprint density at radius 2 is 1.02 bits per heavy atom. The van der Waals surface area contributed by atoms with E-state index < -0.39 is 0 Å². The summed E-state index contributed by atoms with van der Waals surface area (Å²) in [6.07, 6.45) is 0. The van der Waals surface area contributed by atoms with E-state index in [0.717, 1.165) is 44.4 Å². The highest BCUT2D eigenvalue weighted by Crippen LogP contribution is 2.42. The minimum Gasteiger partial charge on any atom is -0.310 e.